The lowest BCUT2D eigenvalue weighted by Gasteiger charge is -2.12. The second-order valence-corrected chi connectivity index (χ2v) is 5.87. The van der Waals surface area contributed by atoms with Crippen LogP contribution in [-0.2, 0) is 9.53 Å². The SMILES string of the molecule is O=C1OC(C(=O)Nc2cc(Cl)cc(Br)c2)c2ccccc21. The van der Waals surface area contributed by atoms with E-state index in [1.807, 2.05) is 0 Å². The van der Waals surface area contributed by atoms with Crippen LogP contribution >= 0.6 is 27.5 Å². The lowest BCUT2D eigenvalue weighted by atomic mass is 10.0. The average Bonchev–Trinajstić information content (AvgIpc) is 2.76. The molecule has 3 rings (SSSR count). The molecule has 2 aromatic rings. The summed E-state index contributed by atoms with van der Waals surface area (Å²) in [4.78, 5) is 24.0. The van der Waals surface area contributed by atoms with Gasteiger partial charge in [0.15, 0.2) is 0 Å². The number of anilines is 1. The maximum Gasteiger partial charge on any atom is 0.339 e. The molecule has 0 saturated carbocycles. The van der Waals surface area contributed by atoms with Gasteiger partial charge in [-0.05, 0) is 24.3 Å². The van der Waals surface area contributed by atoms with Crippen LogP contribution in [0.25, 0.3) is 0 Å². The number of carbonyl (C=O) groups excluding carboxylic acids is 2. The molecule has 0 saturated heterocycles. The lowest BCUT2D eigenvalue weighted by Crippen LogP contribution is -2.21. The van der Waals surface area contributed by atoms with Gasteiger partial charge in [0.25, 0.3) is 5.91 Å². The summed E-state index contributed by atoms with van der Waals surface area (Å²) < 4.78 is 5.88. The van der Waals surface area contributed by atoms with Gasteiger partial charge in [0.1, 0.15) is 0 Å². The number of nitrogens with one attached hydrogen (secondary N) is 1. The van der Waals surface area contributed by atoms with Crippen LogP contribution in [0, 0.1) is 0 Å². The maximum absolute atomic E-state index is 12.3. The Morgan fingerprint density at radius 3 is 2.76 bits per heavy atom. The van der Waals surface area contributed by atoms with Crippen molar-refractivity contribution >= 4 is 45.1 Å². The van der Waals surface area contributed by atoms with Gasteiger partial charge < -0.3 is 10.1 Å². The molecule has 1 amide bonds. The van der Waals surface area contributed by atoms with Crippen molar-refractivity contribution < 1.29 is 14.3 Å². The maximum atomic E-state index is 12.3. The number of hydrogen-bond acceptors (Lipinski definition) is 3. The Bertz CT molecular complexity index is 727. The van der Waals surface area contributed by atoms with Crippen molar-refractivity contribution in [1.82, 2.24) is 0 Å². The highest BCUT2D eigenvalue weighted by atomic mass is 79.9. The topological polar surface area (TPSA) is 55.4 Å². The van der Waals surface area contributed by atoms with Gasteiger partial charge in [-0.2, -0.15) is 0 Å². The number of rotatable bonds is 2. The largest absolute Gasteiger partial charge is 0.444 e. The van der Waals surface area contributed by atoms with Gasteiger partial charge in [-0.15, -0.1) is 0 Å². The normalized spacial score (nSPS) is 16.3. The predicted octanol–water partition coefficient (Wildman–Crippen LogP) is 3.95. The van der Waals surface area contributed by atoms with E-state index in [9.17, 15) is 9.59 Å². The number of halogens is 2. The van der Waals surface area contributed by atoms with Crippen LogP contribution in [0.2, 0.25) is 5.02 Å². The van der Waals surface area contributed by atoms with E-state index >= 15 is 0 Å². The summed E-state index contributed by atoms with van der Waals surface area (Å²) in [6.07, 6.45) is -0.938. The third kappa shape index (κ3) is 2.80. The minimum Gasteiger partial charge on any atom is -0.444 e. The number of carbonyl (C=O) groups is 2. The van der Waals surface area contributed by atoms with Crippen molar-refractivity contribution in [2.75, 3.05) is 5.32 Å². The van der Waals surface area contributed by atoms with E-state index in [4.69, 9.17) is 16.3 Å². The molecule has 0 bridgehead atoms. The first-order chi connectivity index (χ1) is 10.0. The summed E-state index contributed by atoms with van der Waals surface area (Å²) in [7, 11) is 0. The van der Waals surface area contributed by atoms with Crippen molar-refractivity contribution in [3.8, 4) is 0 Å². The Morgan fingerprint density at radius 1 is 1.24 bits per heavy atom. The summed E-state index contributed by atoms with van der Waals surface area (Å²) >= 11 is 9.23. The molecule has 21 heavy (non-hydrogen) atoms. The van der Waals surface area contributed by atoms with Gasteiger partial charge in [0.2, 0.25) is 6.10 Å². The number of hydrogen-bond donors (Lipinski definition) is 1. The van der Waals surface area contributed by atoms with Crippen molar-refractivity contribution in [3.63, 3.8) is 0 Å². The fourth-order valence-corrected chi connectivity index (χ4v) is 3.03. The van der Waals surface area contributed by atoms with Gasteiger partial charge in [0, 0.05) is 20.7 Å². The van der Waals surface area contributed by atoms with E-state index < -0.39 is 18.0 Å². The smallest absolute Gasteiger partial charge is 0.339 e. The molecule has 106 valence electrons. The van der Waals surface area contributed by atoms with E-state index in [0.29, 0.717) is 21.8 Å². The van der Waals surface area contributed by atoms with Crippen LogP contribution in [-0.4, -0.2) is 11.9 Å². The van der Waals surface area contributed by atoms with E-state index in [1.165, 1.54) is 0 Å². The standard InChI is InChI=1S/C15H9BrClNO3/c16-8-5-9(17)7-10(6-8)18-14(19)13-11-3-1-2-4-12(11)15(20)21-13/h1-7,13H,(H,18,19). The quantitative estimate of drug-likeness (QED) is 0.819. The number of fused-ring (bicyclic) bond motifs is 1. The third-order valence-corrected chi connectivity index (χ3v) is 3.73. The zero-order valence-corrected chi connectivity index (χ0v) is 12.9. The van der Waals surface area contributed by atoms with Crippen LogP contribution in [0.15, 0.2) is 46.9 Å². The van der Waals surface area contributed by atoms with Crippen molar-refractivity contribution in [3.05, 3.63) is 63.1 Å². The summed E-state index contributed by atoms with van der Waals surface area (Å²) in [5.74, 6) is -0.902. The Kier molecular flexibility index (Phi) is 3.69. The first-order valence-corrected chi connectivity index (χ1v) is 7.28. The number of esters is 1. The number of amides is 1. The molecule has 1 unspecified atom stereocenters. The second-order valence-electron chi connectivity index (χ2n) is 4.52. The number of cyclic esters (lactones) is 1. The Balaban J connectivity index is 1.85. The van der Waals surface area contributed by atoms with Crippen LogP contribution in [0.3, 0.4) is 0 Å². The number of ether oxygens (including phenoxy) is 1. The molecule has 0 spiro atoms. The molecular formula is C15H9BrClNO3. The predicted molar refractivity (Wildman–Crippen MR) is 82.4 cm³/mol. The Labute approximate surface area is 134 Å². The van der Waals surface area contributed by atoms with Crippen LogP contribution in [0.1, 0.15) is 22.0 Å². The molecule has 6 heteroatoms. The molecule has 2 aromatic carbocycles. The van der Waals surface area contributed by atoms with E-state index in [1.54, 1.807) is 42.5 Å². The van der Waals surface area contributed by atoms with Gasteiger partial charge in [-0.1, -0.05) is 45.7 Å². The fraction of sp³-hybridized carbons (Fsp3) is 0.0667. The molecule has 0 fully saturated rings. The van der Waals surface area contributed by atoms with E-state index in [-0.39, 0.29) is 0 Å². The van der Waals surface area contributed by atoms with E-state index in [2.05, 4.69) is 21.2 Å². The third-order valence-electron chi connectivity index (χ3n) is 3.06. The van der Waals surface area contributed by atoms with Gasteiger partial charge in [0.05, 0.1) is 5.56 Å². The average molecular weight is 367 g/mol. The monoisotopic (exact) mass is 365 g/mol. The Morgan fingerprint density at radius 2 is 2.00 bits per heavy atom. The molecule has 1 aliphatic rings. The van der Waals surface area contributed by atoms with Gasteiger partial charge in [-0.3, -0.25) is 4.79 Å². The molecule has 0 radical (unpaired) electrons. The highest BCUT2D eigenvalue weighted by Crippen LogP contribution is 2.32. The molecule has 0 aliphatic carbocycles. The molecule has 0 aromatic heterocycles. The van der Waals surface area contributed by atoms with Crippen LogP contribution in [0.4, 0.5) is 5.69 Å². The summed E-state index contributed by atoms with van der Waals surface area (Å²) in [5, 5.41) is 3.19. The first kappa shape index (κ1) is 14.1. The second kappa shape index (κ2) is 5.50. The molecule has 1 atom stereocenters. The highest BCUT2D eigenvalue weighted by Gasteiger charge is 2.35. The van der Waals surface area contributed by atoms with Crippen molar-refractivity contribution in [2.24, 2.45) is 0 Å². The zero-order chi connectivity index (χ0) is 15.0. The van der Waals surface area contributed by atoms with E-state index in [0.717, 1.165) is 4.47 Å². The molecule has 1 aliphatic heterocycles. The van der Waals surface area contributed by atoms with Crippen molar-refractivity contribution in [1.29, 1.82) is 0 Å². The summed E-state index contributed by atoms with van der Waals surface area (Å²) in [6.45, 7) is 0. The summed E-state index contributed by atoms with van der Waals surface area (Å²) in [6, 6.07) is 11.9. The zero-order valence-electron chi connectivity index (χ0n) is 10.6. The van der Waals surface area contributed by atoms with Crippen molar-refractivity contribution in [2.45, 2.75) is 6.10 Å². The molecule has 1 N–H and O–H groups in total. The Hall–Kier alpha value is -1.85. The first-order valence-electron chi connectivity index (χ1n) is 6.11. The van der Waals surface area contributed by atoms with Crippen LogP contribution < -0.4 is 5.32 Å². The van der Waals surface area contributed by atoms with Gasteiger partial charge in [-0.25, -0.2) is 4.79 Å². The minimum atomic E-state index is -0.938. The molecule has 1 heterocycles. The lowest BCUT2D eigenvalue weighted by molar-refractivity contribution is -0.124. The molecular weight excluding hydrogens is 358 g/mol. The number of benzene rings is 2. The van der Waals surface area contributed by atoms with Gasteiger partial charge >= 0.3 is 5.97 Å². The highest BCUT2D eigenvalue weighted by molar-refractivity contribution is 9.10. The summed E-state index contributed by atoms with van der Waals surface area (Å²) in [5.41, 5.74) is 1.52. The van der Waals surface area contributed by atoms with Crippen LogP contribution in [0.5, 0.6) is 0 Å². The fourth-order valence-electron chi connectivity index (χ4n) is 2.17. The minimum absolute atomic E-state index is 0.414. The molecule has 4 nitrogen and oxygen atoms in total.